The summed E-state index contributed by atoms with van der Waals surface area (Å²) in [5, 5.41) is 0. The summed E-state index contributed by atoms with van der Waals surface area (Å²) < 4.78 is 0. The zero-order valence-electron chi connectivity index (χ0n) is 6.59. The van der Waals surface area contributed by atoms with Crippen molar-refractivity contribution in [3.05, 3.63) is 42.5 Å². The van der Waals surface area contributed by atoms with Gasteiger partial charge in [0.2, 0.25) is 0 Å². The van der Waals surface area contributed by atoms with E-state index in [2.05, 4.69) is 12.6 Å². The average molecular weight is 147 g/mol. The van der Waals surface area contributed by atoms with Gasteiger partial charge in [-0.25, -0.2) is 0 Å². The lowest BCUT2D eigenvalue weighted by Gasteiger charge is -2.01. The van der Waals surface area contributed by atoms with Gasteiger partial charge in [0.1, 0.15) is 0 Å². The number of para-hydroxylation sites is 1. The second kappa shape index (κ2) is 3.81. The molecule has 0 heterocycles. The van der Waals surface area contributed by atoms with Gasteiger partial charge in [-0.05, 0) is 24.5 Å². The number of allylic oxidation sites excluding steroid dienone is 1. The number of anilines is 1. The van der Waals surface area contributed by atoms with E-state index in [0.717, 1.165) is 18.5 Å². The minimum Gasteiger partial charge on any atom is -0.399 e. The van der Waals surface area contributed by atoms with Crippen LogP contribution in [0.5, 0.6) is 0 Å². The van der Waals surface area contributed by atoms with E-state index in [9.17, 15) is 0 Å². The Morgan fingerprint density at radius 2 is 2.09 bits per heavy atom. The third kappa shape index (κ3) is 2.11. The van der Waals surface area contributed by atoms with Gasteiger partial charge in [0, 0.05) is 5.69 Å². The van der Waals surface area contributed by atoms with Gasteiger partial charge < -0.3 is 5.73 Å². The lowest BCUT2D eigenvalue weighted by Crippen LogP contribution is -1.92. The van der Waals surface area contributed by atoms with Crippen LogP contribution in [-0.4, -0.2) is 0 Å². The van der Waals surface area contributed by atoms with Crippen LogP contribution in [0.25, 0.3) is 0 Å². The fourth-order valence-corrected chi connectivity index (χ4v) is 1.02. The molecule has 0 radical (unpaired) electrons. The van der Waals surface area contributed by atoms with Crippen molar-refractivity contribution in [2.24, 2.45) is 0 Å². The summed E-state index contributed by atoms with van der Waals surface area (Å²) in [5.74, 6) is 0. The predicted molar refractivity (Wildman–Crippen MR) is 49.4 cm³/mol. The molecule has 0 aliphatic rings. The molecule has 1 aromatic carbocycles. The molecule has 0 aliphatic carbocycles. The summed E-state index contributed by atoms with van der Waals surface area (Å²) >= 11 is 0. The molecular formula is C10H13N. The molecule has 1 aromatic rings. The van der Waals surface area contributed by atoms with E-state index in [1.165, 1.54) is 5.56 Å². The maximum Gasteiger partial charge on any atom is 0.0346 e. The van der Waals surface area contributed by atoms with E-state index in [-0.39, 0.29) is 0 Å². The van der Waals surface area contributed by atoms with E-state index in [1.54, 1.807) is 0 Å². The van der Waals surface area contributed by atoms with Crippen molar-refractivity contribution in [2.45, 2.75) is 12.8 Å². The maximum absolute atomic E-state index is 5.73. The summed E-state index contributed by atoms with van der Waals surface area (Å²) in [5.41, 5.74) is 7.83. The zero-order chi connectivity index (χ0) is 8.10. The molecule has 0 saturated heterocycles. The summed E-state index contributed by atoms with van der Waals surface area (Å²) in [4.78, 5) is 0. The number of hydrogen-bond acceptors (Lipinski definition) is 1. The van der Waals surface area contributed by atoms with Crippen molar-refractivity contribution >= 4 is 5.69 Å². The maximum atomic E-state index is 5.73. The van der Waals surface area contributed by atoms with Crippen LogP contribution in [0.4, 0.5) is 5.69 Å². The highest BCUT2D eigenvalue weighted by atomic mass is 14.6. The SMILES string of the molecule is C=CCCc1ccccc1N. The second-order valence-electron chi connectivity index (χ2n) is 2.53. The Kier molecular flexibility index (Phi) is 2.73. The van der Waals surface area contributed by atoms with E-state index in [0.29, 0.717) is 0 Å². The summed E-state index contributed by atoms with van der Waals surface area (Å²) in [6, 6.07) is 7.94. The standard InChI is InChI=1S/C10H13N/c1-2-3-6-9-7-4-5-8-10(9)11/h2,4-5,7-8H,1,3,6,11H2. The van der Waals surface area contributed by atoms with Crippen LogP contribution in [0, 0.1) is 0 Å². The minimum absolute atomic E-state index is 0.884. The van der Waals surface area contributed by atoms with Crippen LogP contribution in [0.1, 0.15) is 12.0 Å². The lowest BCUT2D eigenvalue weighted by molar-refractivity contribution is 1.01. The van der Waals surface area contributed by atoms with E-state index >= 15 is 0 Å². The Morgan fingerprint density at radius 1 is 1.36 bits per heavy atom. The molecule has 58 valence electrons. The smallest absolute Gasteiger partial charge is 0.0346 e. The Hall–Kier alpha value is -1.24. The first-order valence-corrected chi connectivity index (χ1v) is 3.79. The molecule has 0 amide bonds. The Bertz CT molecular complexity index is 240. The molecular weight excluding hydrogens is 134 g/mol. The minimum atomic E-state index is 0.884. The summed E-state index contributed by atoms with van der Waals surface area (Å²) in [6.07, 6.45) is 3.90. The van der Waals surface area contributed by atoms with Gasteiger partial charge >= 0.3 is 0 Å². The molecule has 11 heavy (non-hydrogen) atoms. The molecule has 0 fully saturated rings. The van der Waals surface area contributed by atoms with Gasteiger partial charge in [-0.2, -0.15) is 0 Å². The highest BCUT2D eigenvalue weighted by Crippen LogP contribution is 2.12. The largest absolute Gasteiger partial charge is 0.399 e. The number of nitrogen functional groups attached to an aromatic ring is 1. The molecule has 0 bridgehead atoms. The van der Waals surface area contributed by atoms with Crippen LogP contribution in [0.3, 0.4) is 0 Å². The monoisotopic (exact) mass is 147 g/mol. The Morgan fingerprint density at radius 3 is 2.73 bits per heavy atom. The lowest BCUT2D eigenvalue weighted by atomic mass is 10.1. The molecule has 1 heteroatoms. The van der Waals surface area contributed by atoms with Crippen molar-refractivity contribution in [3.8, 4) is 0 Å². The van der Waals surface area contributed by atoms with Crippen LogP contribution in [0.15, 0.2) is 36.9 Å². The second-order valence-corrected chi connectivity index (χ2v) is 2.53. The molecule has 0 aromatic heterocycles. The summed E-state index contributed by atoms with van der Waals surface area (Å²) in [7, 11) is 0. The van der Waals surface area contributed by atoms with Gasteiger partial charge in [0.25, 0.3) is 0 Å². The van der Waals surface area contributed by atoms with Gasteiger partial charge in [0.05, 0.1) is 0 Å². The van der Waals surface area contributed by atoms with Gasteiger partial charge in [-0.3, -0.25) is 0 Å². The molecule has 0 aliphatic heterocycles. The molecule has 1 nitrogen and oxygen atoms in total. The van der Waals surface area contributed by atoms with Crippen molar-refractivity contribution in [3.63, 3.8) is 0 Å². The number of hydrogen-bond donors (Lipinski definition) is 1. The third-order valence-electron chi connectivity index (χ3n) is 1.67. The number of aryl methyl sites for hydroxylation is 1. The van der Waals surface area contributed by atoms with Gasteiger partial charge in [0.15, 0.2) is 0 Å². The predicted octanol–water partition coefficient (Wildman–Crippen LogP) is 2.39. The fraction of sp³-hybridized carbons (Fsp3) is 0.200. The van der Waals surface area contributed by atoms with Gasteiger partial charge in [-0.15, -0.1) is 6.58 Å². The average Bonchev–Trinajstić information content (AvgIpc) is 2.03. The molecule has 0 atom stereocenters. The van der Waals surface area contributed by atoms with E-state index in [4.69, 9.17) is 5.73 Å². The first-order chi connectivity index (χ1) is 5.34. The topological polar surface area (TPSA) is 26.0 Å². The van der Waals surface area contributed by atoms with Crippen LogP contribution in [0.2, 0.25) is 0 Å². The summed E-state index contributed by atoms with van der Waals surface area (Å²) in [6.45, 7) is 3.66. The van der Waals surface area contributed by atoms with Gasteiger partial charge in [-0.1, -0.05) is 24.3 Å². The highest BCUT2D eigenvalue weighted by molar-refractivity contribution is 5.46. The van der Waals surface area contributed by atoms with Crippen molar-refractivity contribution < 1.29 is 0 Å². The molecule has 0 spiro atoms. The number of nitrogens with two attached hydrogens (primary N) is 1. The van der Waals surface area contributed by atoms with Crippen LogP contribution >= 0.6 is 0 Å². The quantitative estimate of drug-likeness (QED) is 0.515. The zero-order valence-corrected chi connectivity index (χ0v) is 6.59. The van der Waals surface area contributed by atoms with E-state index < -0.39 is 0 Å². The third-order valence-corrected chi connectivity index (χ3v) is 1.67. The number of rotatable bonds is 3. The molecule has 2 N–H and O–H groups in total. The normalized spacial score (nSPS) is 9.45. The number of benzene rings is 1. The molecule has 0 unspecified atom stereocenters. The first-order valence-electron chi connectivity index (χ1n) is 3.79. The Labute approximate surface area is 67.5 Å². The fourth-order valence-electron chi connectivity index (χ4n) is 1.02. The Balaban J connectivity index is 2.69. The van der Waals surface area contributed by atoms with Crippen LogP contribution < -0.4 is 5.73 Å². The van der Waals surface area contributed by atoms with Crippen molar-refractivity contribution in [1.29, 1.82) is 0 Å². The van der Waals surface area contributed by atoms with E-state index in [1.807, 2.05) is 24.3 Å². The molecule has 0 saturated carbocycles. The highest BCUT2D eigenvalue weighted by Gasteiger charge is 1.93. The van der Waals surface area contributed by atoms with Crippen molar-refractivity contribution in [1.82, 2.24) is 0 Å². The first kappa shape index (κ1) is 7.86. The van der Waals surface area contributed by atoms with Crippen LogP contribution in [-0.2, 0) is 6.42 Å². The van der Waals surface area contributed by atoms with Crippen molar-refractivity contribution in [2.75, 3.05) is 5.73 Å². The molecule has 1 rings (SSSR count).